The van der Waals surface area contributed by atoms with Crippen LogP contribution in [0.2, 0.25) is 0 Å². The minimum atomic E-state index is -3.81. The summed E-state index contributed by atoms with van der Waals surface area (Å²) in [5, 5.41) is 2.52. The van der Waals surface area contributed by atoms with E-state index in [-0.39, 0.29) is 10.6 Å². The van der Waals surface area contributed by atoms with E-state index in [1.807, 2.05) is 6.92 Å². The lowest BCUT2D eigenvalue weighted by Crippen LogP contribution is -2.15. The molecule has 0 saturated carbocycles. The maximum atomic E-state index is 12.9. The van der Waals surface area contributed by atoms with Gasteiger partial charge in [-0.3, -0.25) is 10.0 Å². The molecule has 0 bridgehead atoms. The lowest BCUT2D eigenvalue weighted by Gasteiger charge is -2.10. The molecule has 0 fully saturated rings. The second-order valence-electron chi connectivity index (χ2n) is 5.25. The molecule has 6 nitrogen and oxygen atoms in total. The van der Waals surface area contributed by atoms with E-state index in [1.165, 1.54) is 36.4 Å². The number of carbonyl (C=O) groups is 1. The summed E-state index contributed by atoms with van der Waals surface area (Å²) in [5.74, 6) is -0.454. The Kier molecular flexibility index (Phi) is 6.35. The molecule has 0 aliphatic carbocycles. The Morgan fingerprint density at radius 1 is 1.04 bits per heavy atom. The first-order valence-corrected chi connectivity index (χ1v) is 9.21. The zero-order valence-electron chi connectivity index (χ0n) is 13.7. The number of sulfonamides is 1. The summed E-state index contributed by atoms with van der Waals surface area (Å²) in [4.78, 5) is 11.6. The van der Waals surface area contributed by atoms with Crippen LogP contribution in [-0.2, 0) is 14.8 Å². The van der Waals surface area contributed by atoms with Crippen LogP contribution < -0.4 is 10.0 Å². The third kappa shape index (κ3) is 5.75. The van der Waals surface area contributed by atoms with Crippen LogP contribution in [0, 0.1) is 5.82 Å². The number of carbonyl (C=O) groups excluding carboxylic acids is 1. The van der Waals surface area contributed by atoms with Crippen LogP contribution in [0.3, 0.4) is 0 Å². The van der Waals surface area contributed by atoms with Gasteiger partial charge in [-0.05, 0) is 55.0 Å². The third-order valence-corrected chi connectivity index (χ3v) is 4.64. The van der Waals surface area contributed by atoms with Crippen LogP contribution in [0.1, 0.15) is 19.8 Å². The first-order chi connectivity index (χ1) is 11.9. The Balaban J connectivity index is 2.00. The molecule has 2 N–H and O–H groups in total. The number of rotatable bonds is 7. The number of hydrogen-bond acceptors (Lipinski definition) is 4. The van der Waals surface area contributed by atoms with Crippen molar-refractivity contribution >= 4 is 27.5 Å². The van der Waals surface area contributed by atoms with Gasteiger partial charge in [0.2, 0.25) is 0 Å². The number of halogens is 1. The average molecular weight is 366 g/mol. The van der Waals surface area contributed by atoms with Crippen molar-refractivity contribution in [2.75, 3.05) is 16.6 Å². The van der Waals surface area contributed by atoms with Crippen molar-refractivity contribution < 1.29 is 22.3 Å². The van der Waals surface area contributed by atoms with Gasteiger partial charge in [0.05, 0.1) is 11.5 Å². The number of hydrogen-bond donors (Lipinski definition) is 2. The molecule has 0 radical (unpaired) electrons. The van der Waals surface area contributed by atoms with E-state index in [9.17, 15) is 17.6 Å². The molecule has 2 rings (SSSR count). The minimum absolute atomic E-state index is 0.0155. The van der Waals surface area contributed by atoms with Gasteiger partial charge in [0.1, 0.15) is 5.82 Å². The number of nitrogens with one attached hydrogen (secondary N) is 2. The summed E-state index contributed by atoms with van der Waals surface area (Å²) < 4.78 is 44.7. The van der Waals surface area contributed by atoms with E-state index in [1.54, 1.807) is 0 Å². The Morgan fingerprint density at radius 2 is 1.64 bits per heavy atom. The van der Waals surface area contributed by atoms with Gasteiger partial charge in [-0.25, -0.2) is 17.6 Å². The van der Waals surface area contributed by atoms with Crippen LogP contribution in [-0.4, -0.2) is 21.1 Å². The molecule has 0 saturated heterocycles. The first kappa shape index (κ1) is 18.7. The molecular formula is C17H19FN2O4S. The molecule has 0 atom stereocenters. The predicted octanol–water partition coefficient (Wildman–Crippen LogP) is 3.98. The second kappa shape index (κ2) is 8.48. The largest absolute Gasteiger partial charge is 0.449 e. The number of unbranched alkanes of at least 4 members (excludes halogenated alkanes) is 1. The molecule has 0 aliphatic rings. The van der Waals surface area contributed by atoms with E-state index in [2.05, 4.69) is 10.0 Å². The van der Waals surface area contributed by atoms with E-state index < -0.39 is 21.9 Å². The van der Waals surface area contributed by atoms with Crippen LogP contribution in [0.25, 0.3) is 0 Å². The molecule has 1 amide bonds. The highest BCUT2D eigenvalue weighted by Crippen LogP contribution is 2.18. The summed E-state index contributed by atoms with van der Waals surface area (Å²) in [6.45, 7) is 2.32. The van der Waals surface area contributed by atoms with Crippen molar-refractivity contribution in [2.45, 2.75) is 24.7 Å². The van der Waals surface area contributed by atoms with Gasteiger partial charge in [0, 0.05) is 11.4 Å². The van der Waals surface area contributed by atoms with E-state index in [4.69, 9.17) is 4.74 Å². The smallest absolute Gasteiger partial charge is 0.411 e. The summed E-state index contributed by atoms with van der Waals surface area (Å²) >= 11 is 0. The molecule has 134 valence electrons. The van der Waals surface area contributed by atoms with Crippen molar-refractivity contribution in [2.24, 2.45) is 0 Å². The van der Waals surface area contributed by atoms with Gasteiger partial charge in [-0.15, -0.1) is 0 Å². The average Bonchev–Trinajstić information content (AvgIpc) is 2.57. The molecular weight excluding hydrogens is 347 g/mol. The molecule has 8 heteroatoms. The quantitative estimate of drug-likeness (QED) is 0.726. The fourth-order valence-corrected chi connectivity index (χ4v) is 2.97. The number of anilines is 2. The number of amides is 1. The predicted molar refractivity (Wildman–Crippen MR) is 93.5 cm³/mol. The topological polar surface area (TPSA) is 84.5 Å². The van der Waals surface area contributed by atoms with E-state index in [0.717, 1.165) is 25.0 Å². The summed E-state index contributed by atoms with van der Waals surface area (Å²) in [5.41, 5.74) is 0.672. The number of benzene rings is 2. The SMILES string of the molecule is CCCCOC(=O)Nc1ccc(S(=O)(=O)Nc2ccc(F)cc2)cc1. The van der Waals surface area contributed by atoms with Gasteiger partial charge >= 0.3 is 6.09 Å². The highest BCUT2D eigenvalue weighted by molar-refractivity contribution is 7.92. The maximum Gasteiger partial charge on any atom is 0.411 e. The lowest BCUT2D eigenvalue weighted by atomic mass is 10.3. The first-order valence-electron chi connectivity index (χ1n) is 7.73. The minimum Gasteiger partial charge on any atom is -0.449 e. The van der Waals surface area contributed by atoms with Crippen molar-refractivity contribution in [3.63, 3.8) is 0 Å². The zero-order valence-corrected chi connectivity index (χ0v) is 14.5. The van der Waals surface area contributed by atoms with Gasteiger partial charge in [-0.2, -0.15) is 0 Å². The second-order valence-corrected chi connectivity index (χ2v) is 6.93. The van der Waals surface area contributed by atoms with Crippen molar-refractivity contribution in [3.05, 3.63) is 54.3 Å². The standard InChI is InChI=1S/C17H19FN2O4S/c1-2-3-12-24-17(21)19-14-8-10-16(11-9-14)25(22,23)20-15-6-4-13(18)5-7-15/h4-11,20H,2-3,12H2,1H3,(H,19,21). The van der Waals surface area contributed by atoms with E-state index in [0.29, 0.717) is 12.3 Å². The van der Waals surface area contributed by atoms with Crippen molar-refractivity contribution in [3.8, 4) is 0 Å². The highest BCUT2D eigenvalue weighted by atomic mass is 32.2. The fraction of sp³-hybridized carbons (Fsp3) is 0.235. The van der Waals surface area contributed by atoms with Gasteiger partial charge in [0.25, 0.3) is 10.0 Å². The van der Waals surface area contributed by atoms with Gasteiger partial charge in [-0.1, -0.05) is 13.3 Å². The highest BCUT2D eigenvalue weighted by Gasteiger charge is 2.14. The molecule has 2 aromatic rings. The number of ether oxygens (including phenoxy) is 1. The zero-order chi connectivity index (χ0) is 18.3. The maximum absolute atomic E-state index is 12.9. The fourth-order valence-electron chi connectivity index (χ4n) is 1.91. The third-order valence-electron chi connectivity index (χ3n) is 3.24. The Labute approximate surface area is 146 Å². The molecule has 25 heavy (non-hydrogen) atoms. The van der Waals surface area contributed by atoms with Crippen LogP contribution in [0.4, 0.5) is 20.6 Å². The van der Waals surface area contributed by atoms with E-state index >= 15 is 0 Å². The molecule has 0 unspecified atom stereocenters. The Bertz CT molecular complexity index is 806. The molecule has 0 heterocycles. The van der Waals surface area contributed by atoms with Gasteiger partial charge in [0.15, 0.2) is 0 Å². The molecule has 0 aliphatic heterocycles. The van der Waals surface area contributed by atoms with Crippen LogP contribution in [0.15, 0.2) is 53.4 Å². The Hall–Kier alpha value is -2.61. The normalized spacial score (nSPS) is 11.0. The molecule has 0 aromatic heterocycles. The summed E-state index contributed by atoms with van der Waals surface area (Å²) in [6, 6.07) is 10.6. The lowest BCUT2D eigenvalue weighted by molar-refractivity contribution is 0.160. The molecule has 0 spiro atoms. The van der Waals surface area contributed by atoms with Crippen LogP contribution in [0.5, 0.6) is 0 Å². The van der Waals surface area contributed by atoms with Crippen molar-refractivity contribution in [1.82, 2.24) is 0 Å². The van der Waals surface area contributed by atoms with Gasteiger partial charge < -0.3 is 4.74 Å². The summed E-state index contributed by atoms with van der Waals surface area (Å²) in [7, 11) is -3.81. The monoisotopic (exact) mass is 366 g/mol. The molecule has 2 aromatic carbocycles. The summed E-state index contributed by atoms with van der Waals surface area (Å²) in [6.07, 6.45) is 1.11. The van der Waals surface area contributed by atoms with Crippen LogP contribution >= 0.6 is 0 Å². The Morgan fingerprint density at radius 3 is 2.24 bits per heavy atom. The van der Waals surface area contributed by atoms with Crippen molar-refractivity contribution in [1.29, 1.82) is 0 Å².